The number of carbonyl (C=O) groups excluding carboxylic acids is 2. The van der Waals surface area contributed by atoms with Gasteiger partial charge < -0.3 is 19.5 Å². The summed E-state index contributed by atoms with van der Waals surface area (Å²) in [5.41, 5.74) is 1.16. The van der Waals surface area contributed by atoms with Crippen LogP contribution in [0.1, 0.15) is 23.6 Å². The van der Waals surface area contributed by atoms with E-state index in [4.69, 9.17) is 21.1 Å². The average Bonchev–Trinajstić information content (AvgIpc) is 3.13. The number of benzene rings is 2. The number of morpholine rings is 1. The lowest BCUT2D eigenvalue weighted by Crippen LogP contribution is -2.38. The van der Waals surface area contributed by atoms with Gasteiger partial charge in [0.15, 0.2) is 0 Å². The molecule has 0 aromatic heterocycles. The molecular weight excluding hydrogens is 468 g/mol. The molecule has 2 aromatic rings. The number of ketones is 1. The summed E-state index contributed by atoms with van der Waals surface area (Å²) < 4.78 is 10.9. The minimum Gasteiger partial charge on any atom is -0.507 e. The third kappa shape index (κ3) is 5.75. The molecule has 0 spiro atoms. The molecule has 7 nitrogen and oxygen atoms in total. The second-order valence-electron chi connectivity index (χ2n) is 8.48. The van der Waals surface area contributed by atoms with Crippen molar-refractivity contribution < 1.29 is 24.2 Å². The van der Waals surface area contributed by atoms with Gasteiger partial charge in [-0.2, -0.15) is 0 Å². The van der Waals surface area contributed by atoms with Gasteiger partial charge in [0.2, 0.25) is 0 Å². The Balaban J connectivity index is 1.64. The van der Waals surface area contributed by atoms with Crippen LogP contribution in [0.5, 0.6) is 5.75 Å². The normalized spacial score (nSPS) is 20.3. The Kier molecular flexibility index (Phi) is 8.23. The quantitative estimate of drug-likeness (QED) is 0.244. The zero-order chi connectivity index (χ0) is 24.8. The van der Waals surface area contributed by atoms with Gasteiger partial charge in [0.25, 0.3) is 11.7 Å². The zero-order valence-electron chi connectivity index (χ0n) is 19.5. The summed E-state index contributed by atoms with van der Waals surface area (Å²) in [6.07, 6.45) is 2.33. The van der Waals surface area contributed by atoms with Gasteiger partial charge in [0.05, 0.1) is 24.8 Å². The van der Waals surface area contributed by atoms with Gasteiger partial charge in [-0.3, -0.25) is 14.5 Å². The Morgan fingerprint density at radius 3 is 2.57 bits per heavy atom. The number of halogens is 1. The van der Waals surface area contributed by atoms with Crippen LogP contribution in [-0.2, 0) is 14.3 Å². The van der Waals surface area contributed by atoms with E-state index in [1.54, 1.807) is 53.4 Å². The first-order chi connectivity index (χ1) is 17.0. The Morgan fingerprint density at radius 1 is 1.14 bits per heavy atom. The highest BCUT2D eigenvalue weighted by Crippen LogP contribution is 2.40. The first-order valence-corrected chi connectivity index (χ1v) is 12.1. The molecule has 2 aliphatic heterocycles. The van der Waals surface area contributed by atoms with Crippen LogP contribution in [0, 0.1) is 0 Å². The molecule has 0 radical (unpaired) electrons. The Bertz CT molecular complexity index is 1110. The van der Waals surface area contributed by atoms with Gasteiger partial charge in [0, 0.05) is 36.8 Å². The van der Waals surface area contributed by atoms with Crippen molar-refractivity contribution in [3.63, 3.8) is 0 Å². The lowest BCUT2D eigenvalue weighted by Gasteiger charge is -2.29. The van der Waals surface area contributed by atoms with E-state index in [0.717, 1.165) is 19.6 Å². The summed E-state index contributed by atoms with van der Waals surface area (Å²) in [7, 11) is 0. The van der Waals surface area contributed by atoms with Crippen LogP contribution in [0.25, 0.3) is 5.76 Å². The SMILES string of the molecule is C=CCOc1ccc(/C(O)=C2\C(=O)C(=O)N(CCCN3CCOCC3)[C@@H]2c2cccc(Cl)c2)cc1. The number of aliphatic hydroxyl groups excluding tert-OH is 1. The molecule has 8 heteroatoms. The van der Waals surface area contributed by atoms with Crippen LogP contribution >= 0.6 is 11.6 Å². The van der Waals surface area contributed by atoms with Gasteiger partial charge in [-0.05, 0) is 48.4 Å². The van der Waals surface area contributed by atoms with Gasteiger partial charge >= 0.3 is 0 Å². The average molecular weight is 497 g/mol. The molecule has 4 rings (SSSR count). The van der Waals surface area contributed by atoms with Crippen molar-refractivity contribution >= 4 is 29.1 Å². The summed E-state index contributed by atoms with van der Waals surface area (Å²) >= 11 is 6.25. The molecule has 0 aliphatic carbocycles. The number of Topliss-reactive ketones (excluding diaryl/α,β-unsaturated/α-hetero) is 1. The number of hydrogen-bond donors (Lipinski definition) is 1. The molecule has 0 unspecified atom stereocenters. The number of carbonyl (C=O) groups is 2. The molecule has 2 aromatic carbocycles. The third-order valence-corrected chi connectivity index (χ3v) is 6.41. The van der Waals surface area contributed by atoms with Gasteiger partial charge in [-0.1, -0.05) is 36.4 Å². The van der Waals surface area contributed by atoms with Crippen LogP contribution in [0.3, 0.4) is 0 Å². The molecule has 2 fully saturated rings. The second-order valence-corrected chi connectivity index (χ2v) is 8.92. The van der Waals surface area contributed by atoms with Gasteiger partial charge in [0.1, 0.15) is 18.1 Å². The van der Waals surface area contributed by atoms with Crippen LogP contribution < -0.4 is 4.74 Å². The van der Waals surface area contributed by atoms with E-state index in [1.807, 2.05) is 6.07 Å². The number of likely N-dealkylation sites (tertiary alicyclic amines) is 1. The molecule has 184 valence electrons. The largest absolute Gasteiger partial charge is 0.507 e. The minimum atomic E-state index is -0.727. The molecule has 2 heterocycles. The van der Waals surface area contributed by atoms with E-state index in [9.17, 15) is 14.7 Å². The van der Waals surface area contributed by atoms with Crippen molar-refractivity contribution in [2.45, 2.75) is 12.5 Å². The fourth-order valence-corrected chi connectivity index (χ4v) is 4.64. The molecule has 1 amide bonds. The predicted octanol–water partition coefficient (Wildman–Crippen LogP) is 4.05. The highest BCUT2D eigenvalue weighted by Gasteiger charge is 2.45. The fourth-order valence-electron chi connectivity index (χ4n) is 4.44. The Morgan fingerprint density at radius 2 is 1.89 bits per heavy atom. The molecule has 2 saturated heterocycles. The van der Waals surface area contributed by atoms with E-state index in [0.29, 0.717) is 54.7 Å². The summed E-state index contributed by atoms with van der Waals surface area (Å²) in [6, 6.07) is 13.0. The molecule has 2 aliphatic rings. The number of aliphatic hydroxyl groups is 1. The summed E-state index contributed by atoms with van der Waals surface area (Å²) in [6.45, 7) is 8.25. The second kappa shape index (κ2) is 11.5. The van der Waals surface area contributed by atoms with Crippen molar-refractivity contribution in [2.24, 2.45) is 0 Å². The highest BCUT2D eigenvalue weighted by atomic mass is 35.5. The maximum atomic E-state index is 13.2. The molecule has 35 heavy (non-hydrogen) atoms. The molecular formula is C27H29ClN2O5. The Labute approximate surface area is 210 Å². The van der Waals surface area contributed by atoms with Crippen molar-refractivity contribution in [1.82, 2.24) is 9.80 Å². The van der Waals surface area contributed by atoms with Crippen LogP contribution in [0.15, 0.2) is 66.8 Å². The number of amides is 1. The van der Waals surface area contributed by atoms with E-state index in [2.05, 4.69) is 11.5 Å². The molecule has 0 saturated carbocycles. The maximum Gasteiger partial charge on any atom is 0.295 e. The van der Waals surface area contributed by atoms with E-state index >= 15 is 0 Å². The summed E-state index contributed by atoms with van der Waals surface area (Å²) in [4.78, 5) is 30.1. The van der Waals surface area contributed by atoms with E-state index in [-0.39, 0.29) is 11.3 Å². The highest BCUT2D eigenvalue weighted by molar-refractivity contribution is 6.46. The number of hydrogen-bond acceptors (Lipinski definition) is 6. The predicted molar refractivity (Wildman–Crippen MR) is 134 cm³/mol. The maximum absolute atomic E-state index is 13.2. The van der Waals surface area contributed by atoms with Gasteiger partial charge in [-0.15, -0.1) is 0 Å². The smallest absolute Gasteiger partial charge is 0.295 e. The van der Waals surface area contributed by atoms with Crippen LogP contribution in [0.2, 0.25) is 5.02 Å². The summed E-state index contributed by atoms with van der Waals surface area (Å²) in [5, 5.41) is 11.7. The van der Waals surface area contributed by atoms with Gasteiger partial charge in [-0.25, -0.2) is 0 Å². The first kappa shape index (κ1) is 25.0. The van der Waals surface area contributed by atoms with Crippen molar-refractivity contribution in [2.75, 3.05) is 46.0 Å². The lowest BCUT2D eigenvalue weighted by molar-refractivity contribution is -0.140. The lowest BCUT2D eigenvalue weighted by atomic mass is 9.95. The molecule has 1 N–H and O–H groups in total. The molecule has 0 bridgehead atoms. The van der Waals surface area contributed by atoms with Crippen LogP contribution in [0.4, 0.5) is 0 Å². The van der Waals surface area contributed by atoms with Crippen molar-refractivity contribution in [1.29, 1.82) is 0 Å². The molecule has 1 atom stereocenters. The topological polar surface area (TPSA) is 79.3 Å². The van der Waals surface area contributed by atoms with Crippen molar-refractivity contribution in [3.05, 3.63) is 82.9 Å². The Hall–Kier alpha value is -3.13. The minimum absolute atomic E-state index is 0.0587. The standard InChI is InChI=1S/C27H29ClN2O5/c1-2-15-35-22-9-7-19(8-10-22)25(31)23-24(20-5-3-6-21(28)18-20)30(27(33)26(23)32)12-4-11-29-13-16-34-17-14-29/h2-3,5-10,18,24,31H,1,4,11-17H2/b25-23+/t24-/m1/s1. The monoisotopic (exact) mass is 496 g/mol. The number of nitrogens with zero attached hydrogens (tertiary/aromatic N) is 2. The summed E-state index contributed by atoms with van der Waals surface area (Å²) in [5.74, 6) is -0.939. The van der Waals surface area contributed by atoms with Crippen molar-refractivity contribution in [3.8, 4) is 5.75 Å². The van der Waals surface area contributed by atoms with E-state index in [1.165, 1.54) is 0 Å². The number of rotatable bonds is 9. The first-order valence-electron chi connectivity index (χ1n) is 11.7. The zero-order valence-corrected chi connectivity index (χ0v) is 20.2. The van der Waals surface area contributed by atoms with E-state index < -0.39 is 17.7 Å². The van der Waals surface area contributed by atoms with Crippen LogP contribution in [-0.4, -0.2) is 72.6 Å². The number of ether oxygens (including phenoxy) is 2. The fraction of sp³-hybridized carbons (Fsp3) is 0.333. The third-order valence-electron chi connectivity index (χ3n) is 6.18.